The highest BCUT2D eigenvalue weighted by Crippen LogP contribution is 2.58. The second-order valence-corrected chi connectivity index (χ2v) is 24.2. The minimum absolute atomic E-state index is 0.240. The van der Waals surface area contributed by atoms with E-state index >= 15 is 0 Å². The highest BCUT2D eigenvalue weighted by atomic mass is 15.2. The maximum atomic E-state index is 2.55. The standard InChI is InChI=1S/C84H66N4/c1-83(2)79-48-46-59(61-49-71(85(63-29-13-5-14-30-63)64-31-15-6-16-32-64)55-72(50-61)86(65-33-17-7-18-34-65)66-35-19-8-20-36-66)53-76(79)78-58-81-77(57-82(78)83)75-47-45-60(54-80(75)84(81,3)4)62-51-73(87(67-37-21-9-22-38-67)68-39-23-10-24-40-68)56-74(52-62)88(69-41-25-11-26-42-69)70-43-27-12-28-44-70/h5-58H,1-4H3. The third-order valence-electron chi connectivity index (χ3n) is 18.1. The molecule has 0 bridgehead atoms. The first-order chi connectivity index (χ1) is 43.2. The molecule has 0 saturated heterocycles. The molecule has 4 heteroatoms. The summed E-state index contributed by atoms with van der Waals surface area (Å²) in [7, 11) is 0. The van der Waals surface area contributed by atoms with Gasteiger partial charge in [0, 0.05) is 79.1 Å². The summed E-state index contributed by atoms with van der Waals surface area (Å²) in [6.45, 7) is 9.68. The third-order valence-corrected chi connectivity index (χ3v) is 18.1. The van der Waals surface area contributed by atoms with Gasteiger partial charge in [0.15, 0.2) is 0 Å². The number of nitrogens with zero attached hydrogens (tertiary/aromatic N) is 4. The van der Waals surface area contributed by atoms with Crippen molar-refractivity contribution in [3.63, 3.8) is 0 Å². The lowest BCUT2D eigenvalue weighted by Gasteiger charge is -2.30. The van der Waals surface area contributed by atoms with Crippen LogP contribution < -0.4 is 19.6 Å². The van der Waals surface area contributed by atoms with Gasteiger partial charge < -0.3 is 19.6 Å². The molecular formula is C84H66N4. The quantitative estimate of drug-likeness (QED) is 0.108. The number of benzene rings is 13. The predicted octanol–water partition coefficient (Wildman–Crippen LogP) is 23.5. The van der Waals surface area contributed by atoms with Gasteiger partial charge in [-0.2, -0.15) is 0 Å². The summed E-state index contributed by atoms with van der Waals surface area (Å²) < 4.78 is 0. The van der Waals surface area contributed by atoms with E-state index in [1.54, 1.807) is 0 Å². The normalized spacial score (nSPS) is 13.0. The summed E-state index contributed by atoms with van der Waals surface area (Å²) in [5, 5.41) is 0. The van der Waals surface area contributed by atoms with E-state index in [2.05, 4.69) is 375 Å². The van der Waals surface area contributed by atoms with Crippen LogP contribution in [-0.2, 0) is 10.8 Å². The van der Waals surface area contributed by atoms with E-state index in [1.165, 1.54) is 50.1 Å². The average molecular weight is 1130 g/mol. The van der Waals surface area contributed by atoms with Gasteiger partial charge in [-0.05, 0) is 224 Å². The molecule has 0 N–H and O–H groups in total. The first kappa shape index (κ1) is 53.8. The molecular weight excluding hydrogens is 1060 g/mol. The molecule has 0 saturated carbocycles. The van der Waals surface area contributed by atoms with E-state index in [0.29, 0.717) is 0 Å². The lowest BCUT2D eigenvalue weighted by molar-refractivity contribution is 0.652. The number of hydrogen-bond acceptors (Lipinski definition) is 4. The zero-order chi connectivity index (χ0) is 59.3. The van der Waals surface area contributed by atoms with Crippen LogP contribution in [0.3, 0.4) is 0 Å². The first-order valence-corrected chi connectivity index (χ1v) is 30.6. The Kier molecular flexibility index (Phi) is 13.5. The molecule has 2 aliphatic carbocycles. The molecule has 2 aliphatic rings. The van der Waals surface area contributed by atoms with Crippen LogP contribution >= 0.6 is 0 Å². The molecule has 4 nitrogen and oxygen atoms in total. The minimum Gasteiger partial charge on any atom is -0.310 e. The molecule has 13 aromatic rings. The topological polar surface area (TPSA) is 13.0 Å². The van der Waals surface area contributed by atoms with Crippen molar-refractivity contribution in [2.24, 2.45) is 0 Å². The van der Waals surface area contributed by atoms with Crippen molar-refractivity contribution < 1.29 is 0 Å². The van der Waals surface area contributed by atoms with Crippen molar-refractivity contribution in [1.29, 1.82) is 0 Å². The van der Waals surface area contributed by atoms with E-state index < -0.39 is 0 Å². The van der Waals surface area contributed by atoms with Gasteiger partial charge in [-0.3, -0.25) is 0 Å². The summed E-state index contributed by atoms with van der Waals surface area (Å²) in [5.74, 6) is 0. The van der Waals surface area contributed by atoms with Crippen LogP contribution in [0.1, 0.15) is 49.9 Å². The van der Waals surface area contributed by atoms with Gasteiger partial charge in [0.25, 0.3) is 0 Å². The number of anilines is 12. The van der Waals surface area contributed by atoms with Crippen LogP contribution in [0.5, 0.6) is 0 Å². The Morgan fingerprint density at radius 1 is 0.170 bits per heavy atom. The van der Waals surface area contributed by atoms with Crippen molar-refractivity contribution in [2.75, 3.05) is 19.6 Å². The summed E-state index contributed by atoms with van der Waals surface area (Å²) in [4.78, 5) is 9.52. The summed E-state index contributed by atoms with van der Waals surface area (Å²) >= 11 is 0. The van der Waals surface area contributed by atoms with Crippen LogP contribution in [0.4, 0.5) is 68.2 Å². The fraction of sp³-hybridized carbons (Fsp3) is 0.0714. The molecule has 13 aromatic carbocycles. The number of fused-ring (bicyclic) bond motifs is 6. The van der Waals surface area contributed by atoms with Crippen molar-refractivity contribution in [3.8, 4) is 44.5 Å². The fourth-order valence-electron chi connectivity index (χ4n) is 13.8. The second-order valence-electron chi connectivity index (χ2n) is 24.2. The van der Waals surface area contributed by atoms with E-state index in [0.717, 1.165) is 84.9 Å². The molecule has 0 radical (unpaired) electrons. The largest absolute Gasteiger partial charge is 0.310 e. The maximum absolute atomic E-state index is 2.55. The molecule has 0 amide bonds. The van der Waals surface area contributed by atoms with Crippen molar-refractivity contribution in [2.45, 2.75) is 38.5 Å². The zero-order valence-electron chi connectivity index (χ0n) is 50.0. The van der Waals surface area contributed by atoms with Crippen molar-refractivity contribution in [1.82, 2.24) is 0 Å². The molecule has 0 atom stereocenters. The molecule has 0 heterocycles. The van der Waals surface area contributed by atoms with Crippen LogP contribution in [0.15, 0.2) is 328 Å². The van der Waals surface area contributed by atoms with Gasteiger partial charge in [0.1, 0.15) is 0 Å². The van der Waals surface area contributed by atoms with E-state index in [1.807, 2.05) is 0 Å². The average Bonchev–Trinajstić information content (AvgIpc) is 1.56. The van der Waals surface area contributed by atoms with Crippen molar-refractivity contribution in [3.05, 3.63) is 350 Å². The van der Waals surface area contributed by atoms with Gasteiger partial charge in [0.2, 0.25) is 0 Å². The number of hydrogen-bond donors (Lipinski definition) is 0. The summed E-state index contributed by atoms with van der Waals surface area (Å²) in [6.07, 6.45) is 0. The van der Waals surface area contributed by atoms with Gasteiger partial charge in [-0.25, -0.2) is 0 Å². The fourth-order valence-corrected chi connectivity index (χ4v) is 13.8. The molecule has 0 spiro atoms. The molecule has 0 fully saturated rings. The Balaban J connectivity index is 0.864. The molecule has 15 rings (SSSR count). The van der Waals surface area contributed by atoms with Crippen LogP contribution in [0.25, 0.3) is 44.5 Å². The lowest BCUT2D eigenvalue weighted by Crippen LogP contribution is -2.17. The zero-order valence-corrected chi connectivity index (χ0v) is 50.0. The van der Waals surface area contributed by atoms with Gasteiger partial charge in [-0.1, -0.05) is 198 Å². The first-order valence-electron chi connectivity index (χ1n) is 30.6. The third kappa shape index (κ3) is 9.60. The number of rotatable bonds is 14. The van der Waals surface area contributed by atoms with Gasteiger partial charge in [-0.15, -0.1) is 0 Å². The number of para-hydroxylation sites is 8. The molecule has 88 heavy (non-hydrogen) atoms. The Labute approximate surface area is 517 Å². The summed E-state index contributed by atoms with van der Waals surface area (Å²) in [6, 6.07) is 120. The van der Waals surface area contributed by atoms with Crippen molar-refractivity contribution >= 4 is 68.2 Å². The van der Waals surface area contributed by atoms with Crippen LogP contribution in [0, 0.1) is 0 Å². The van der Waals surface area contributed by atoms with Gasteiger partial charge >= 0.3 is 0 Å². The Hall–Kier alpha value is -10.9. The van der Waals surface area contributed by atoms with E-state index in [4.69, 9.17) is 0 Å². The SMILES string of the molecule is CC1(C)c2ccc(-c3cc(N(c4ccccc4)c4ccccc4)cc(N(c4ccccc4)c4ccccc4)c3)cc2-c2cc3c(cc21)-c1ccc(-c2cc(N(c4ccccc4)c4ccccc4)cc(N(c4ccccc4)c4ccccc4)c2)cc1C3(C)C. The Bertz CT molecular complexity index is 4290. The summed E-state index contributed by atoms with van der Waals surface area (Å²) in [5.41, 5.74) is 27.7. The van der Waals surface area contributed by atoms with Crippen LogP contribution in [-0.4, -0.2) is 0 Å². The molecule has 0 aliphatic heterocycles. The highest BCUT2D eigenvalue weighted by molar-refractivity contribution is 5.95. The monoisotopic (exact) mass is 1130 g/mol. The molecule has 0 aromatic heterocycles. The Morgan fingerprint density at radius 3 is 0.716 bits per heavy atom. The molecule has 422 valence electrons. The van der Waals surface area contributed by atoms with Gasteiger partial charge in [0.05, 0.1) is 0 Å². The predicted molar refractivity (Wildman–Crippen MR) is 371 cm³/mol. The highest BCUT2D eigenvalue weighted by Gasteiger charge is 2.42. The smallest absolute Gasteiger partial charge is 0.0488 e. The van der Waals surface area contributed by atoms with Crippen LogP contribution in [0.2, 0.25) is 0 Å². The van der Waals surface area contributed by atoms with E-state index in [9.17, 15) is 0 Å². The Morgan fingerprint density at radius 2 is 0.409 bits per heavy atom. The molecule has 0 unspecified atom stereocenters. The second kappa shape index (κ2) is 22.2. The lowest BCUT2D eigenvalue weighted by atomic mass is 9.79. The maximum Gasteiger partial charge on any atom is 0.0488 e. The van der Waals surface area contributed by atoms with E-state index in [-0.39, 0.29) is 10.8 Å². The minimum atomic E-state index is -0.305.